The topological polar surface area (TPSA) is 215 Å². The highest BCUT2D eigenvalue weighted by Crippen LogP contribution is 2.44. The Kier molecular flexibility index (Phi) is 20.3. The molecule has 1 aliphatic carbocycles. The van der Waals surface area contributed by atoms with Crippen LogP contribution in [0.25, 0.3) is 0 Å². The molecule has 0 spiro atoms. The zero-order valence-corrected chi connectivity index (χ0v) is 42.0. The van der Waals surface area contributed by atoms with Crippen LogP contribution in [0.5, 0.6) is 0 Å². The molecule has 2 N–H and O–H groups in total. The molecular weight excluding hydrogens is 941 g/mol. The number of sulfone groups is 1. The van der Waals surface area contributed by atoms with Crippen molar-refractivity contribution in [2.45, 2.75) is 154 Å². The van der Waals surface area contributed by atoms with Crippen LogP contribution in [0.3, 0.4) is 0 Å². The van der Waals surface area contributed by atoms with Crippen LogP contribution in [0.4, 0.5) is 0 Å². The van der Waals surface area contributed by atoms with Crippen LogP contribution >= 0.6 is 11.3 Å². The lowest BCUT2D eigenvalue weighted by atomic mass is 9.85. The molecule has 2 heterocycles. The lowest BCUT2D eigenvalue weighted by Crippen LogP contribution is -2.38. The van der Waals surface area contributed by atoms with E-state index >= 15 is 0 Å². The Balaban J connectivity index is 1.17. The number of thiophene rings is 1. The van der Waals surface area contributed by atoms with Gasteiger partial charge in [0.25, 0.3) is 10.0 Å². The molecule has 0 radical (unpaired) electrons. The zero-order valence-electron chi connectivity index (χ0n) is 38.8. The summed E-state index contributed by atoms with van der Waals surface area (Å²) in [5.41, 5.74) is 1.52. The van der Waals surface area contributed by atoms with Gasteiger partial charge < -0.3 is 24.3 Å². The highest BCUT2D eigenvalue weighted by atomic mass is 32.3. The third kappa shape index (κ3) is 15.6. The van der Waals surface area contributed by atoms with E-state index in [2.05, 4.69) is 10.0 Å². The van der Waals surface area contributed by atoms with Crippen molar-refractivity contribution in [2.24, 2.45) is 11.8 Å². The summed E-state index contributed by atoms with van der Waals surface area (Å²) in [4.78, 5) is 49.7. The third-order valence-electron chi connectivity index (χ3n) is 12.0. The summed E-state index contributed by atoms with van der Waals surface area (Å²) in [6, 6.07) is 19.2. The summed E-state index contributed by atoms with van der Waals surface area (Å²) in [6.07, 6.45) is 6.97. The number of rotatable bonds is 25. The molecule has 5 rings (SSSR count). The predicted octanol–water partition coefficient (Wildman–Crippen LogP) is 7.27. The number of fused-ring (bicyclic) bond motifs is 1. The van der Waals surface area contributed by atoms with Crippen LogP contribution in [-0.2, 0) is 75.2 Å². The van der Waals surface area contributed by atoms with Gasteiger partial charge in [0.05, 0.1) is 22.7 Å². The van der Waals surface area contributed by atoms with E-state index in [1.54, 1.807) is 37.3 Å². The molecule has 1 fully saturated rings. The van der Waals surface area contributed by atoms with E-state index in [1.165, 1.54) is 26.8 Å². The first kappa shape index (κ1) is 53.7. The molecule has 0 amide bonds. The molecular formula is C48H64N2O13S4. The van der Waals surface area contributed by atoms with Gasteiger partial charge in [-0.3, -0.25) is 23.4 Å². The first-order valence-electron chi connectivity index (χ1n) is 22.8. The average molecular weight is 1010 g/mol. The average Bonchev–Trinajstić information content (AvgIpc) is 3.88. The van der Waals surface area contributed by atoms with Gasteiger partial charge in [0, 0.05) is 68.4 Å². The molecule has 19 heteroatoms. The standard InChI is InChI=1S/C48H64N2O13S4/c1-6-49-42-29-32(2)66(56,57)48-41(42)30-47(64-48)67(58,59)50-45(65(55)38-19-13-10-14-20-38)27-28-60-46(54)22-16-8-7-15-21-39-40(44(63-35(5)53)31-43(39)62-34(4)52)26-25-37(61-33(3)51)24-23-36-17-11-9-12-18-36/h7,9-15,17-20,30,32,37,39-40,42-45,49-50H,6,8,16,21-29,31H2,1-5H3/b15-7-/t32-,37+,39+,40+,42-,43-,44+,45?,65?/m0/s1. The van der Waals surface area contributed by atoms with Gasteiger partial charge in [-0.15, -0.1) is 11.3 Å². The number of unbranched alkanes of at least 4 members (excludes halogenated alkanes) is 1. The number of ether oxygens (including phenoxy) is 4. The number of allylic oxidation sites excluding steroid dienone is 2. The maximum absolute atomic E-state index is 13.8. The molecule has 1 saturated carbocycles. The summed E-state index contributed by atoms with van der Waals surface area (Å²) in [7, 11) is -10.0. The smallest absolute Gasteiger partial charge is 0.305 e. The number of hydrogen-bond acceptors (Lipinski definition) is 15. The Morgan fingerprint density at radius 3 is 2.18 bits per heavy atom. The summed E-state index contributed by atoms with van der Waals surface area (Å²) in [5.74, 6) is -2.15. The molecule has 67 heavy (non-hydrogen) atoms. The number of carbonyl (C=O) groups is 4. The number of benzene rings is 2. The monoisotopic (exact) mass is 1000 g/mol. The largest absolute Gasteiger partial charge is 0.466 e. The second-order valence-corrected chi connectivity index (χ2v) is 24.2. The Hall–Kier alpha value is -4.27. The summed E-state index contributed by atoms with van der Waals surface area (Å²) >= 11 is 0.672. The molecule has 1 aliphatic heterocycles. The van der Waals surface area contributed by atoms with Crippen molar-refractivity contribution in [1.29, 1.82) is 0 Å². The lowest BCUT2D eigenvalue weighted by molar-refractivity contribution is -0.149. The van der Waals surface area contributed by atoms with Gasteiger partial charge in [0.15, 0.2) is 9.84 Å². The molecule has 2 aliphatic rings. The Morgan fingerprint density at radius 1 is 0.881 bits per heavy atom. The zero-order chi connectivity index (χ0) is 48.7. The van der Waals surface area contributed by atoms with Crippen LogP contribution in [-0.4, -0.2) is 87.0 Å². The van der Waals surface area contributed by atoms with Gasteiger partial charge in [-0.05, 0) is 88.6 Å². The fraction of sp³-hybridized carbons (Fsp3) is 0.542. The van der Waals surface area contributed by atoms with Crippen molar-refractivity contribution in [3.05, 3.63) is 90.0 Å². The first-order chi connectivity index (χ1) is 31.9. The van der Waals surface area contributed by atoms with Crippen LogP contribution in [0.1, 0.15) is 116 Å². The maximum Gasteiger partial charge on any atom is 0.305 e. The van der Waals surface area contributed by atoms with Crippen LogP contribution in [0, 0.1) is 11.8 Å². The minimum Gasteiger partial charge on any atom is -0.466 e. The van der Waals surface area contributed by atoms with Crippen LogP contribution in [0.2, 0.25) is 0 Å². The molecule has 368 valence electrons. The molecule has 1 aromatic heterocycles. The van der Waals surface area contributed by atoms with Crippen molar-refractivity contribution >= 4 is 65.9 Å². The van der Waals surface area contributed by atoms with Crippen LogP contribution in [0.15, 0.2) is 92.2 Å². The minimum absolute atomic E-state index is 0.000297. The Morgan fingerprint density at radius 2 is 1.54 bits per heavy atom. The van der Waals surface area contributed by atoms with Crippen molar-refractivity contribution < 1.29 is 59.2 Å². The van der Waals surface area contributed by atoms with Crippen molar-refractivity contribution in [2.75, 3.05) is 13.2 Å². The summed E-state index contributed by atoms with van der Waals surface area (Å²) in [6.45, 7) is 7.88. The summed E-state index contributed by atoms with van der Waals surface area (Å²) < 4.78 is 93.0. The van der Waals surface area contributed by atoms with Crippen molar-refractivity contribution in [3.8, 4) is 0 Å². The van der Waals surface area contributed by atoms with E-state index < -0.39 is 71.4 Å². The number of aryl methyl sites for hydroxylation is 1. The highest BCUT2D eigenvalue weighted by molar-refractivity contribution is 7.96. The van der Waals surface area contributed by atoms with Gasteiger partial charge in [-0.25, -0.2) is 16.8 Å². The maximum atomic E-state index is 13.8. The van der Waals surface area contributed by atoms with E-state index in [0.717, 1.165) is 12.0 Å². The number of nitrogens with one attached hydrogen (secondary N) is 2. The quantitative estimate of drug-likeness (QED) is 0.0370. The number of hydrogen-bond donors (Lipinski definition) is 2. The third-order valence-corrected chi connectivity index (χ3v) is 19.6. The molecule has 15 nitrogen and oxygen atoms in total. The molecule has 0 bridgehead atoms. The number of sulfonamides is 1. The number of esters is 4. The van der Waals surface area contributed by atoms with Crippen molar-refractivity contribution in [3.63, 3.8) is 0 Å². The molecule has 9 atom stereocenters. The molecule has 2 unspecified atom stereocenters. The SMILES string of the molecule is CCN[C@H]1C[C@H](C)S(=O)(=O)c2sc(S(=O)(=O)NC(CCOC(=O)CCC/C=C\C[C@@H]3[C@@H](CC[C@@H](CCc4ccccc4)OC(C)=O)[C@H](OC(C)=O)C[C@@H]3OC(C)=O)S(=O)c3ccccc3)cc21. The van der Waals surface area contributed by atoms with Gasteiger partial charge >= 0.3 is 23.9 Å². The fourth-order valence-electron chi connectivity index (χ4n) is 8.82. The van der Waals surface area contributed by atoms with E-state index in [1.807, 2.05) is 49.4 Å². The van der Waals surface area contributed by atoms with E-state index in [-0.39, 0.29) is 57.8 Å². The molecule has 0 saturated heterocycles. The highest BCUT2D eigenvalue weighted by Gasteiger charge is 2.46. The van der Waals surface area contributed by atoms with E-state index in [0.29, 0.717) is 79.7 Å². The summed E-state index contributed by atoms with van der Waals surface area (Å²) in [5, 5.41) is 1.34. The number of carbonyl (C=O) groups excluding carboxylic acids is 4. The second kappa shape index (κ2) is 25.4. The fourth-order valence-corrected chi connectivity index (χ4v) is 15.7. The second-order valence-electron chi connectivity index (χ2n) is 17.0. The minimum atomic E-state index is -4.37. The normalized spacial score (nSPS) is 22.6. The van der Waals surface area contributed by atoms with Gasteiger partial charge in [-0.1, -0.05) is 67.6 Å². The van der Waals surface area contributed by atoms with E-state index in [4.69, 9.17) is 18.9 Å². The van der Waals surface area contributed by atoms with Gasteiger partial charge in [0.1, 0.15) is 32.1 Å². The molecule has 2 aromatic carbocycles. The lowest BCUT2D eigenvalue weighted by Gasteiger charge is -2.27. The van der Waals surface area contributed by atoms with Gasteiger partial charge in [-0.2, -0.15) is 4.72 Å². The van der Waals surface area contributed by atoms with Crippen molar-refractivity contribution in [1.82, 2.24) is 10.0 Å². The Bertz CT molecular complexity index is 2410. The Labute approximate surface area is 401 Å². The van der Waals surface area contributed by atoms with Crippen LogP contribution < -0.4 is 10.0 Å². The predicted molar refractivity (Wildman–Crippen MR) is 254 cm³/mol. The van der Waals surface area contributed by atoms with Gasteiger partial charge in [0.2, 0.25) is 0 Å². The first-order valence-corrected chi connectivity index (χ1v) is 27.9. The molecule has 3 aromatic rings. The van der Waals surface area contributed by atoms with E-state index in [9.17, 15) is 40.2 Å².